The third-order valence-electron chi connectivity index (χ3n) is 5.19. The zero-order valence-electron chi connectivity index (χ0n) is 15.3. The van der Waals surface area contributed by atoms with Crippen LogP contribution in [-0.2, 0) is 16.3 Å². The number of alkyl halides is 3. The summed E-state index contributed by atoms with van der Waals surface area (Å²) in [5.74, 6) is 0.683. The molecule has 0 atom stereocenters. The first-order valence-electron chi connectivity index (χ1n) is 9.05. The van der Waals surface area contributed by atoms with E-state index in [2.05, 4.69) is 10.2 Å². The average Bonchev–Trinajstić information content (AvgIpc) is 3.19. The Hall–Kier alpha value is -2.67. The van der Waals surface area contributed by atoms with Crippen LogP contribution in [0.2, 0.25) is 0 Å². The quantitative estimate of drug-likeness (QED) is 0.622. The molecule has 7 heteroatoms. The summed E-state index contributed by atoms with van der Waals surface area (Å²) >= 11 is 0. The largest absolute Gasteiger partial charge is 0.420 e. The smallest absolute Gasteiger partial charge is 0.416 e. The van der Waals surface area contributed by atoms with E-state index in [1.54, 1.807) is 6.07 Å². The van der Waals surface area contributed by atoms with Crippen LogP contribution in [0.25, 0.3) is 11.5 Å². The molecule has 1 saturated heterocycles. The molecule has 3 aromatic rings. The monoisotopic (exact) mass is 388 g/mol. The minimum Gasteiger partial charge on any atom is -0.420 e. The van der Waals surface area contributed by atoms with E-state index < -0.39 is 17.2 Å². The van der Waals surface area contributed by atoms with Crippen molar-refractivity contribution in [2.45, 2.75) is 31.4 Å². The van der Waals surface area contributed by atoms with Gasteiger partial charge in [-0.1, -0.05) is 35.9 Å². The van der Waals surface area contributed by atoms with Gasteiger partial charge in [-0.25, -0.2) is 0 Å². The highest BCUT2D eigenvalue weighted by molar-refractivity contribution is 5.54. The molecule has 0 bridgehead atoms. The predicted molar refractivity (Wildman–Crippen MR) is 96.7 cm³/mol. The molecule has 2 heterocycles. The fraction of sp³-hybridized carbons (Fsp3) is 0.333. The van der Waals surface area contributed by atoms with Crippen molar-refractivity contribution < 1.29 is 22.3 Å². The summed E-state index contributed by atoms with van der Waals surface area (Å²) in [4.78, 5) is 0. The second-order valence-corrected chi connectivity index (χ2v) is 7.05. The molecule has 0 unspecified atom stereocenters. The Morgan fingerprint density at radius 2 is 1.71 bits per heavy atom. The third kappa shape index (κ3) is 3.42. The summed E-state index contributed by atoms with van der Waals surface area (Å²) in [5, 5.41) is 8.40. The molecule has 28 heavy (non-hydrogen) atoms. The summed E-state index contributed by atoms with van der Waals surface area (Å²) in [5.41, 5.74) is 0.870. The average molecular weight is 388 g/mol. The van der Waals surface area contributed by atoms with Crippen LogP contribution < -0.4 is 0 Å². The fourth-order valence-corrected chi connectivity index (χ4v) is 3.65. The van der Waals surface area contributed by atoms with Crippen molar-refractivity contribution in [1.82, 2.24) is 10.2 Å². The molecule has 146 valence electrons. The number of ether oxygens (including phenoxy) is 1. The van der Waals surface area contributed by atoms with Gasteiger partial charge < -0.3 is 9.15 Å². The lowest BCUT2D eigenvalue weighted by Gasteiger charge is -2.34. The first-order valence-corrected chi connectivity index (χ1v) is 9.05. The maximum atomic E-state index is 13.2. The molecule has 1 fully saturated rings. The van der Waals surface area contributed by atoms with Crippen LogP contribution in [0, 0.1) is 6.92 Å². The van der Waals surface area contributed by atoms with Crippen molar-refractivity contribution in [3.05, 3.63) is 71.1 Å². The van der Waals surface area contributed by atoms with Gasteiger partial charge >= 0.3 is 6.18 Å². The van der Waals surface area contributed by atoms with E-state index in [4.69, 9.17) is 9.15 Å². The van der Waals surface area contributed by atoms with Crippen LogP contribution in [0.4, 0.5) is 13.2 Å². The minimum atomic E-state index is -4.41. The molecule has 0 amide bonds. The van der Waals surface area contributed by atoms with Gasteiger partial charge in [0.1, 0.15) is 0 Å². The Bertz CT molecular complexity index is 976. The van der Waals surface area contributed by atoms with Crippen LogP contribution in [0.1, 0.15) is 35.4 Å². The summed E-state index contributed by atoms with van der Waals surface area (Å²) in [6.45, 7) is 2.79. The molecular formula is C21H19F3N2O2. The van der Waals surface area contributed by atoms with Gasteiger partial charge in [-0.15, -0.1) is 10.2 Å². The van der Waals surface area contributed by atoms with Crippen molar-refractivity contribution in [3.8, 4) is 11.5 Å². The molecule has 1 aromatic heterocycles. The molecular weight excluding hydrogens is 369 g/mol. The second kappa shape index (κ2) is 7.05. The maximum Gasteiger partial charge on any atom is 0.416 e. The van der Waals surface area contributed by atoms with E-state index >= 15 is 0 Å². The molecule has 1 aliphatic heterocycles. The van der Waals surface area contributed by atoms with Crippen LogP contribution in [0.3, 0.4) is 0 Å². The van der Waals surface area contributed by atoms with Gasteiger partial charge in [0, 0.05) is 18.8 Å². The number of nitrogens with zero attached hydrogens (tertiary/aromatic N) is 2. The van der Waals surface area contributed by atoms with Crippen molar-refractivity contribution in [2.24, 2.45) is 0 Å². The fourth-order valence-electron chi connectivity index (χ4n) is 3.65. The maximum absolute atomic E-state index is 13.2. The first-order chi connectivity index (χ1) is 13.4. The van der Waals surface area contributed by atoms with Gasteiger partial charge in [0.05, 0.1) is 11.0 Å². The van der Waals surface area contributed by atoms with Crippen molar-refractivity contribution in [1.29, 1.82) is 0 Å². The molecule has 0 spiro atoms. The number of hydrogen-bond donors (Lipinski definition) is 0. The Balaban J connectivity index is 1.79. The number of hydrogen-bond acceptors (Lipinski definition) is 4. The lowest BCUT2D eigenvalue weighted by Crippen LogP contribution is -2.35. The topological polar surface area (TPSA) is 48.2 Å². The Kier molecular flexibility index (Phi) is 4.71. The number of aryl methyl sites for hydroxylation is 1. The Morgan fingerprint density at radius 3 is 2.43 bits per heavy atom. The van der Waals surface area contributed by atoms with E-state index in [1.807, 2.05) is 31.2 Å². The van der Waals surface area contributed by atoms with Crippen LogP contribution in [0.5, 0.6) is 0 Å². The molecule has 0 N–H and O–H groups in total. The van der Waals surface area contributed by atoms with Crippen molar-refractivity contribution >= 4 is 0 Å². The lowest BCUT2D eigenvalue weighted by atomic mass is 9.73. The standard InChI is InChI=1S/C21H19F3N2O2/c1-14-4-2-5-15(12-14)18-25-26-19(28-18)20(8-10-27-11-9-20)16-6-3-7-17(13-16)21(22,23)24/h2-7,12-13H,8-11H2,1H3. The normalized spacial score (nSPS) is 16.9. The number of aromatic nitrogens is 2. The SMILES string of the molecule is Cc1cccc(-c2nnc(C3(c4cccc(C(F)(F)F)c4)CCOCC3)o2)c1. The van der Waals surface area contributed by atoms with Gasteiger partial charge in [0.25, 0.3) is 0 Å². The number of benzene rings is 2. The Morgan fingerprint density at radius 1 is 0.964 bits per heavy atom. The number of rotatable bonds is 3. The van der Waals surface area contributed by atoms with E-state index in [-0.39, 0.29) is 0 Å². The minimum absolute atomic E-state index is 0.326. The van der Waals surface area contributed by atoms with Gasteiger partial charge in [0.15, 0.2) is 0 Å². The van der Waals surface area contributed by atoms with E-state index in [9.17, 15) is 13.2 Å². The number of halogens is 3. The lowest BCUT2D eigenvalue weighted by molar-refractivity contribution is -0.137. The van der Waals surface area contributed by atoms with Crippen molar-refractivity contribution in [2.75, 3.05) is 13.2 Å². The summed E-state index contributed by atoms with van der Waals surface area (Å²) in [7, 11) is 0. The van der Waals surface area contributed by atoms with E-state index in [1.165, 1.54) is 12.1 Å². The molecule has 0 aliphatic carbocycles. The molecule has 4 rings (SSSR count). The highest BCUT2D eigenvalue weighted by atomic mass is 19.4. The summed E-state index contributed by atoms with van der Waals surface area (Å²) in [6.07, 6.45) is -3.46. The van der Waals surface area contributed by atoms with Crippen LogP contribution >= 0.6 is 0 Å². The summed E-state index contributed by atoms with van der Waals surface area (Å²) < 4.78 is 51.2. The second-order valence-electron chi connectivity index (χ2n) is 7.05. The zero-order valence-corrected chi connectivity index (χ0v) is 15.3. The molecule has 0 saturated carbocycles. The first kappa shape index (κ1) is 18.7. The van der Waals surface area contributed by atoms with Crippen LogP contribution in [0.15, 0.2) is 52.9 Å². The Labute approximate surface area is 160 Å². The van der Waals surface area contributed by atoms with Gasteiger partial charge in [-0.05, 0) is 43.5 Å². The molecule has 0 radical (unpaired) electrons. The summed E-state index contributed by atoms with van der Waals surface area (Å²) in [6, 6.07) is 13.0. The van der Waals surface area contributed by atoms with Crippen molar-refractivity contribution in [3.63, 3.8) is 0 Å². The molecule has 1 aliphatic rings. The predicted octanol–water partition coefficient (Wildman–Crippen LogP) is 5.16. The zero-order chi connectivity index (χ0) is 19.8. The van der Waals surface area contributed by atoms with E-state index in [0.29, 0.717) is 43.4 Å². The van der Waals surface area contributed by atoms with Gasteiger partial charge in [-0.2, -0.15) is 13.2 Å². The highest BCUT2D eigenvalue weighted by Crippen LogP contribution is 2.43. The van der Waals surface area contributed by atoms with Gasteiger partial charge in [0.2, 0.25) is 11.8 Å². The highest BCUT2D eigenvalue weighted by Gasteiger charge is 2.43. The molecule has 4 nitrogen and oxygen atoms in total. The van der Waals surface area contributed by atoms with Gasteiger partial charge in [-0.3, -0.25) is 0 Å². The van der Waals surface area contributed by atoms with E-state index in [0.717, 1.165) is 17.2 Å². The third-order valence-corrected chi connectivity index (χ3v) is 5.19. The molecule has 2 aromatic carbocycles. The van der Waals surface area contributed by atoms with Crippen LogP contribution in [-0.4, -0.2) is 23.4 Å².